The molecule has 0 aliphatic rings. The van der Waals surface area contributed by atoms with Gasteiger partial charge in [0.25, 0.3) is 0 Å². The molecule has 1 nitrogen and oxygen atoms in total. The van der Waals surface area contributed by atoms with E-state index in [2.05, 4.69) is 35.1 Å². The van der Waals surface area contributed by atoms with Crippen LogP contribution in [0.1, 0.15) is 51.5 Å². The van der Waals surface area contributed by atoms with Crippen LogP contribution < -0.4 is 5.32 Å². The van der Waals surface area contributed by atoms with Crippen LogP contribution in [0, 0.1) is 5.82 Å². The minimum absolute atomic E-state index is 0.152. The fraction of sp³-hybridized carbons (Fsp3) is 0.625. The van der Waals surface area contributed by atoms with Gasteiger partial charge in [0, 0.05) is 10.5 Å². The summed E-state index contributed by atoms with van der Waals surface area (Å²) in [5, 5.41) is 3.58. The lowest BCUT2D eigenvalue weighted by molar-refractivity contribution is 0.455. The van der Waals surface area contributed by atoms with E-state index in [-0.39, 0.29) is 5.82 Å². The van der Waals surface area contributed by atoms with Gasteiger partial charge in [0.05, 0.1) is 0 Å². The van der Waals surface area contributed by atoms with Crippen molar-refractivity contribution in [2.75, 3.05) is 6.54 Å². The number of halogens is 2. The van der Waals surface area contributed by atoms with E-state index in [4.69, 9.17) is 0 Å². The Morgan fingerprint density at radius 3 is 2.68 bits per heavy atom. The second-order valence-electron chi connectivity index (χ2n) is 5.09. The first kappa shape index (κ1) is 16.6. The summed E-state index contributed by atoms with van der Waals surface area (Å²) in [6.45, 7) is 5.43. The van der Waals surface area contributed by atoms with Gasteiger partial charge in [-0.25, -0.2) is 4.39 Å². The SMILES string of the molecule is CCCCCC(Cc1cc(F)ccc1Br)NCCC. The molecule has 1 rings (SSSR count). The van der Waals surface area contributed by atoms with Crippen molar-refractivity contribution in [2.45, 2.75) is 58.4 Å². The molecule has 1 aromatic rings. The number of nitrogens with one attached hydrogen (secondary N) is 1. The van der Waals surface area contributed by atoms with Crippen molar-refractivity contribution in [3.8, 4) is 0 Å². The quantitative estimate of drug-likeness (QED) is 0.623. The summed E-state index contributed by atoms with van der Waals surface area (Å²) in [5.74, 6) is -0.152. The minimum Gasteiger partial charge on any atom is -0.314 e. The molecule has 1 aromatic carbocycles. The molecule has 1 unspecified atom stereocenters. The summed E-state index contributed by atoms with van der Waals surface area (Å²) in [5.41, 5.74) is 1.06. The van der Waals surface area contributed by atoms with Crippen LogP contribution in [0.4, 0.5) is 4.39 Å². The van der Waals surface area contributed by atoms with Gasteiger partial charge in [0.15, 0.2) is 0 Å². The Balaban J connectivity index is 2.61. The summed E-state index contributed by atoms with van der Waals surface area (Å²) in [4.78, 5) is 0. The second-order valence-corrected chi connectivity index (χ2v) is 5.94. The predicted octanol–water partition coefficient (Wildman–Crippen LogP) is 5.08. The van der Waals surface area contributed by atoms with Crippen molar-refractivity contribution in [3.05, 3.63) is 34.1 Å². The number of unbranched alkanes of at least 4 members (excludes halogenated alkanes) is 2. The van der Waals surface area contributed by atoms with E-state index >= 15 is 0 Å². The normalized spacial score (nSPS) is 12.6. The standard InChI is InChI=1S/C16H25BrFN/c1-3-5-6-7-15(19-10-4-2)12-13-11-14(18)8-9-16(13)17/h8-9,11,15,19H,3-7,10,12H2,1-2H3. The van der Waals surface area contributed by atoms with Gasteiger partial charge in [0.1, 0.15) is 5.82 Å². The van der Waals surface area contributed by atoms with Crippen LogP contribution in [0.15, 0.2) is 22.7 Å². The second kappa shape index (κ2) is 9.49. The average molecular weight is 330 g/mol. The molecule has 0 aliphatic heterocycles. The van der Waals surface area contributed by atoms with Crippen LogP contribution in [0.3, 0.4) is 0 Å². The van der Waals surface area contributed by atoms with Gasteiger partial charge in [-0.3, -0.25) is 0 Å². The van der Waals surface area contributed by atoms with E-state index in [1.54, 1.807) is 12.1 Å². The minimum atomic E-state index is -0.152. The Kier molecular flexibility index (Phi) is 8.31. The molecule has 0 aromatic heterocycles. The first-order chi connectivity index (χ1) is 9.17. The highest BCUT2D eigenvalue weighted by molar-refractivity contribution is 9.10. The number of benzene rings is 1. The topological polar surface area (TPSA) is 12.0 Å². The van der Waals surface area contributed by atoms with Crippen molar-refractivity contribution in [1.82, 2.24) is 5.32 Å². The van der Waals surface area contributed by atoms with Crippen LogP contribution in [-0.4, -0.2) is 12.6 Å². The summed E-state index contributed by atoms with van der Waals surface area (Å²) in [7, 11) is 0. The molecular formula is C16H25BrFN. The van der Waals surface area contributed by atoms with E-state index in [9.17, 15) is 4.39 Å². The van der Waals surface area contributed by atoms with Crippen molar-refractivity contribution < 1.29 is 4.39 Å². The average Bonchev–Trinajstić information content (AvgIpc) is 2.40. The number of hydrogen-bond donors (Lipinski definition) is 1. The van der Waals surface area contributed by atoms with Crippen molar-refractivity contribution in [3.63, 3.8) is 0 Å². The summed E-state index contributed by atoms with van der Waals surface area (Å²) < 4.78 is 14.3. The highest BCUT2D eigenvalue weighted by Gasteiger charge is 2.11. The van der Waals surface area contributed by atoms with Crippen molar-refractivity contribution >= 4 is 15.9 Å². The third-order valence-electron chi connectivity index (χ3n) is 3.31. The molecule has 0 fully saturated rings. The molecule has 1 N–H and O–H groups in total. The zero-order valence-corrected chi connectivity index (χ0v) is 13.6. The first-order valence-electron chi connectivity index (χ1n) is 7.34. The maximum atomic E-state index is 13.3. The molecular weight excluding hydrogens is 305 g/mol. The van der Waals surface area contributed by atoms with Gasteiger partial charge in [-0.05, 0) is 49.6 Å². The molecule has 0 saturated carbocycles. The summed E-state index contributed by atoms with van der Waals surface area (Å²) >= 11 is 3.51. The lowest BCUT2D eigenvalue weighted by Gasteiger charge is -2.19. The van der Waals surface area contributed by atoms with Crippen LogP contribution in [0.2, 0.25) is 0 Å². The molecule has 0 radical (unpaired) electrons. The van der Waals surface area contributed by atoms with Gasteiger partial charge < -0.3 is 5.32 Å². The van der Waals surface area contributed by atoms with E-state index in [1.807, 2.05) is 0 Å². The van der Waals surface area contributed by atoms with Crippen LogP contribution in [0.25, 0.3) is 0 Å². The van der Waals surface area contributed by atoms with Gasteiger partial charge in [-0.1, -0.05) is 49.0 Å². The molecule has 1 atom stereocenters. The van der Waals surface area contributed by atoms with Gasteiger partial charge in [-0.15, -0.1) is 0 Å². The molecule has 0 amide bonds. The molecule has 0 heterocycles. The number of rotatable bonds is 9. The largest absolute Gasteiger partial charge is 0.314 e. The number of hydrogen-bond acceptors (Lipinski definition) is 1. The van der Waals surface area contributed by atoms with E-state index in [0.29, 0.717) is 6.04 Å². The predicted molar refractivity (Wildman–Crippen MR) is 84.0 cm³/mol. The Morgan fingerprint density at radius 2 is 2.00 bits per heavy atom. The lowest BCUT2D eigenvalue weighted by Crippen LogP contribution is -2.32. The first-order valence-corrected chi connectivity index (χ1v) is 8.14. The monoisotopic (exact) mass is 329 g/mol. The van der Waals surface area contributed by atoms with Gasteiger partial charge >= 0.3 is 0 Å². The van der Waals surface area contributed by atoms with Crippen molar-refractivity contribution in [2.24, 2.45) is 0 Å². The van der Waals surface area contributed by atoms with Crippen LogP contribution in [-0.2, 0) is 6.42 Å². The zero-order chi connectivity index (χ0) is 14.1. The fourth-order valence-electron chi connectivity index (χ4n) is 2.23. The van der Waals surface area contributed by atoms with E-state index in [0.717, 1.165) is 35.8 Å². The van der Waals surface area contributed by atoms with Crippen LogP contribution >= 0.6 is 15.9 Å². The smallest absolute Gasteiger partial charge is 0.123 e. The molecule has 0 bridgehead atoms. The summed E-state index contributed by atoms with van der Waals surface area (Å²) in [6, 6.07) is 5.39. The van der Waals surface area contributed by atoms with Crippen LogP contribution in [0.5, 0.6) is 0 Å². The maximum Gasteiger partial charge on any atom is 0.123 e. The Morgan fingerprint density at radius 1 is 1.21 bits per heavy atom. The fourth-order valence-corrected chi connectivity index (χ4v) is 2.64. The van der Waals surface area contributed by atoms with E-state index < -0.39 is 0 Å². The Labute approximate surface area is 125 Å². The lowest BCUT2D eigenvalue weighted by atomic mass is 10.00. The summed E-state index contributed by atoms with van der Waals surface area (Å²) in [6.07, 6.45) is 6.94. The van der Waals surface area contributed by atoms with Gasteiger partial charge in [-0.2, -0.15) is 0 Å². The Bertz CT molecular complexity index is 368. The third kappa shape index (κ3) is 6.53. The highest BCUT2D eigenvalue weighted by atomic mass is 79.9. The highest BCUT2D eigenvalue weighted by Crippen LogP contribution is 2.20. The van der Waals surface area contributed by atoms with Crippen molar-refractivity contribution in [1.29, 1.82) is 0 Å². The zero-order valence-electron chi connectivity index (χ0n) is 12.0. The van der Waals surface area contributed by atoms with Gasteiger partial charge in [0.2, 0.25) is 0 Å². The third-order valence-corrected chi connectivity index (χ3v) is 4.09. The van der Waals surface area contributed by atoms with E-state index in [1.165, 1.54) is 25.3 Å². The molecule has 0 spiro atoms. The molecule has 108 valence electrons. The maximum absolute atomic E-state index is 13.3. The Hall–Kier alpha value is -0.410. The molecule has 19 heavy (non-hydrogen) atoms. The molecule has 3 heteroatoms. The molecule has 0 aliphatic carbocycles. The molecule has 0 saturated heterocycles.